The third kappa shape index (κ3) is 4.77. The maximum atomic E-state index is 13.1. The van der Waals surface area contributed by atoms with Gasteiger partial charge in [-0.25, -0.2) is 0 Å². The molecule has 1 fully saturated rings. The van der Waals surface area contributed by atoms with Gasteiger partial charge in [0.2, 0.25) is 5.91 Å². The highest BCUT2D eigenvalue weighted by atomic mass is 16.5. The molecule has 0 radical (unpaired) electrons. The summed E-state index contributed by atoms with van der Waals surface area (Å²) in [6, 6.07) is 20.8. The first-order valence-electron chi connectivity index (χ1n) is 12.0. The fraction of sp³-hybridized carbons (Fsp3) is 0.241. The highest BCUT2D eigenvalue weighted by Gasteiger charge is 2.29. The number of hydrogen-bond acceptors (Lipinski definition) is 4. The number of carbonyl (C=O) groups is 2. The number of nitrogens with one attached hydrogen (secondary N) is 3. The van der Waals surface area contributed by atoms with E-state index in [-0.39, 0.29) is 23.7 Å². The highest BCUT2D eigenvalue weighted by molar-refractivity contribution is 5.97. The Balaban J connectivity index is 1.40. The van der Waals surface area contributed by atoms with Gasteiger partial charge in [0.1, 0.15) is 0 Å². The van der Waals surface area contributed by atoms with Gasteiger partial charge in [-0.1, -0.05) is 30.3 Å². The van der Waals surface area contributed by atoms with Crippen LogP contribution in [0, 0.1) is 5.92 Å². The van der Waals surface area contributed by atoms with Crippen molar-refractivity contribution in [2.75, 3.05) is 26.1 Å². The van der Waals surface area contributed by atoms with Crippen LogP contribution in [-0.4, -0.2) is 37.6 Å². The molecular formula is C29H29N3O4. The second-order valence-corrected chi connectivity index (χ2v) is 8.98. The fourth-order valence-electron chi connectivity index (χ4n) is 4.55. The van der Waals surface area contributed by atoms with Gasteiger partial charge in [-0.3, -0.25) is 9.59 Å². The zero-order valence-corrected chi connectivity index (χ0v) is 20.3. The summed E-state index contributed by atoms with van der Waals surface area (Å²) in [6.45, 7) is 0.352. The number of benzene rings is 3. The number of carbonyl (C=O) groups excluding carboxylic acids is 2. The summed E-state index contributed by atoms with van der Waals surface area (Å²) in [5, 5.41) is 7.07. The van der Waals surface area contributed by atoms with Crippen molar-refractivity contribution in [2.24, 2.45) is 5.92 Å². The number of fused-ring (bicyclic) bond motifs is 1. The Hall–Kier alpha value is -4.26. The molecule has 4 aromatic rings. The number of aromatic amines is 1. The molecular weight excluding hydrogens is 454 g/mol. The summed E-state index contributed by atoms with van der Waals surface area (Å²) in [5.41, 5.74) is 4.21. The van der Waals surface area contributed by atoms with Gasteiger partial charge in [-0.05, 0) is 54.8 Å². The van der Waals surface area contributed by atoms with Crippen LogP contribution < -0.4 is 20.1 Å². The number of hydrogen-bond donors (Lipinski definition) is 3. The van der Waals surface area contributed by atoms with Crippen molar-refractivity contribution in [1.82, 2.24) is 10.3 Å². The van der Waals surface area contributed by atoms with E-state index in [0.29, 0.717) is 29.3 Å². The topological polar surface area (TPSA) is 92.5 Å². The molecule has 1 unspecified atom stereocenters. The molecule has 5 rings (SSSR count). The lowest BCUT2D eigenvalue weighted by atomic mass is 9.89. The predicted molar refractivity (Wildman–Crippen MR) is 140 cm³/mol. The van der Waals surface area contributed by atoms with Gasteiger partial charge in [0.25, 0.3) is 5.91 Å². The molecule has 184 valence electrons. The number of amides is 2. The lowest BCUT2D eigenvalue weighted by Crippen LogP contribution is -2.29. The number of rotatable bonds is 9. The fourth-order valence-corrected chi connectivity index (χ4v) is 4.55. The largest absolute Gasteiger partial charge is 0.493 e. The van der Waals surface area contributed by atoms with Crippen LogP contribution in [0.5, 0.6) is 11.5 Å². The van der Waals surface area contributed by atoms with Gasteiger partial charge in [-0.15, -0.1) is 0 Å². The first kappa shape index (κ1) is 23.5. The SMILES string of the molecule is COc1cccc(C(CNC(=O)c2ccc(NC(=O)C3CC3)cc2)c2c[nH]c3ccccc23)c1OC. The van der Waals surface area contributed by atoms with Gasteiger partial charge in [-0.2, -0.15) is 0 Å². The molecule has 1 aromatic heterocycles. The van der Waals surface area contributed by atoms with E-state index >= 15 is 0 Å². The molecule has 3 N–H and O–H groups in total. The van der Waals surface area contributed by atoms with E-state index in [1.54, 1.807) is 38.5 Å². The third-order valence-corrected chi connectivity index (χ3v) is 6.63. The molecule has 7 nitrogen and oxygen atoms in total. The van der Waals surface area contributed by atoms with Crippen LogP contribution in [0.3, 0.4) is 0 Å². The Bertz CT molecular complexity index is 1390. The summed E-state index contributed by atoms with van der Waals surface area (Å²) in [5.74, 6) is 1.06. The number of ether oxygens (including phenoxy) is 2. The smallest absolute Gasteiger partial charge is 0.251 e. The molecule has 36 heavy (non-hydrogen) atoms. The monoisotopic (exact) mass is 483 g/mol. The maximum Gasteiger partial charge on any atom is 0.251 e. The second kappa shape index (κ2) is 10.2. The zero-order chi connectivity index (χ0) is 25.1. The lowest BCUT2D eigenvalue weighted by molar-refractivity contribution is -0.117. The van der Waals surface area contributed by atoms with Crippen molar-refractivity contribution in [3.63, 3.8) is 0 Å². The van der Waals surface area contributed by atoms with Gasteiger partial charge in [0.05, 0.1) is 14.2 Å². The van der Waals surface area contributed by atoms with E-state index in [2.05, 4.69) is 21.7 Å². The molecule has 0 bridgehead atoms. The van der Waals surface area contributed by atoms with Crippen LogP contribution >= 0.6 is 0 Å². The van der Waals surface area contributed by atoms with Crippen molar-refractivity contribution >= 4 is 28.4 Å². The molecule has 0 aliphatic heterocycles. The normalized spacial score (nSPS) is 13.7. The van der Waals surface area contributed by atoms with Gasteiger partial charge >= 0.3 is 0 Å². The Morgan fingerprint density at radius 3 is 2.44 bits per heavy atom. The van der Waals surface area contributed by atoms with Crippen LogP contribution in [0.2, 0.25) is 0 Å². The molecule has 1 atom stereocenters. The van der Waals surface area contributed by atoms with Crippen molar-refractivity contribution < 1.29 is 19.1 Å². The molecule has 1 saturated carbocycles. The number of aromatic nitrogens is 1. The van der Waals surface area contributed by atoms with Crippen LogP contribution in [0.1, 0.15) is 40.2 Å². The zero-order valence-electron chi connectivity index (χ0n) is 20.3. The minimum atomic E-state index is -0.193. The minimum Gasteiger partial charge on any atom is -0.493 e. The van der Waals surface area contributed by atoms with Crippen molar-refractivity contribution in [2.45, 2.75) is 18.8 Å². The Morgan fingerprint density at radius 2 is 1.72 bits per heavy atom. The summed E-state index contributed by atoms with van der Waals surface area (Å²) in [7, 11) is 3.23. The quantitative estimate of drug-likeness (QED) is 0.309. The van der Waals surface area contributed by atoms with Crippen LogP contribution in [0.25, 0.3) is 10.9 Å². The molecule has 0 saturated heterocycles. The average Bonchev–Trinajstić information content (AvgIpc) is 3.69. The standard InChI is InChI=1S/C29H29N3O4/c1-35-26-9-5-7-22(27(26)36-2)24(23-16-30-25-8-4-3-6-21(23)25)17-31-28(33)18-12-14-20(15-13-18)32-29(34)19-10-11-19/h3-9,12-16,19,24,30H,10-11,17H2,1-2H3,(H,31,33)(H,32,34). The van der Waals surface area contributed by atoms with Crippen molar-refractivity contribution in [3.8, 4) is 11.5 Å². The molecule has 0 spiro atoms. The second-order valence-electron chi connectivity index (χ2n) is 8.98. The van der Waals surface area contributed by atoms with Gasteiger partial charge in [0, 0.05) is 52.3 Å². The minimum absolute atomic E-state index is 0.0426. The number of methoxy groups -OCH3 is 2. The molecule has 3 aromatic carbocycles. The predicted octanol–water partition coefficient (Wildman–Crippen LogP) is 5.10. The number of para-hydroxylation sites is 2. The summed E-state index contributed by atoms with van der Waals surface area (Å²) >= 11 is 0. The van der Waals surface area contributed by atoms with Crippen LogP contribution in [0.4, 0.5) is 5.69 Å². The molecule has 1 aliphatic rings. The third-order valence-electron chi connectivity index (χ3n) is 6.63. The molecule has 7 heteroatoms. The molecule has 1 aliphatic carbocycles. The van der Waals surface area contributed by atoms with Gasteiger partial charge in [0.15, 0.2) is 11.5 Å². The van der Waals surface area contributed by atoms with E-state index in [1.807, 2.05) is 42.6 Å². The van der Waals surface area contributed by atoms with Crippen LogP contribution in [0.15, 0.2) is 72.9 Å². The van der Waals surface area contributed by atoms with Crippen molar-refractivity contribution in [1.29, 1.82) is 0 Å². The summed E-state index contributed by atoms with van der Waals surface area (Å²) < 4.78 is 11.3. The Labute approximate surface area is 209 Å². The molecule has 1 heterocycles. The Kier molecular flexibility index (Phi) is 6.62. The Morgan fingerprint density at radius 1 is 0.944 bits per heavy atom. The first-order chi connectivity index (χ1) is 17.6. The van der Waals surface area contributed by atoms with E-state index < -0.39 is 0 Å². The summed E-state index contributed by atoms with van der Waals surface area (Å²) in [4.78, 5) is 28.4. The number of H-pyrrole nitrogens is 1. The average molecular weight is 484 g/mol. The number of anilines is 1. The van der Waals surface area contributed by atoms with E-state index in [4.69, 9.17) is 9.47 Å². The highest BCUT2D eigenvalue weighted by Crippen LogP contribution is 2.40. The molecule has 2 amide bonds. The van der Waals surface area contributed by atoms with E-state index in [1.165, 1.54) is 0 Å². The van der Waals surface area contributed by atoms with E-state index in [0.717, 1.165) is 34.9 Å². The summed E-state index contributed by atoms with van der Waals surface area (Å²) in [6.07, 6.45) is 3.88. The first-order valence-corrected chi connectivity index (χ1v) is 12.0. The van der Waals surface area contributed by atoms with Crippen molar-refractivity contribution in [3.05, 3.63) is 89.6 Å². The lowest BCUT2D eigenvalue weighted by Gasteiger charge is -2.22. The van der Waals surface area contributed by atoms with Gasteiger partial charge < -0.3 is 25.1 Å². The van der Waals surface area contributed by atoms with E-state index in [9.17, 15) is 9.59 Å². The maximum absolute atomic E-state index is 13.1. The van der Waals surface area contributed by atoms with Crippen LogP contribution in [-0.2, 0) is 4.79 Å².